The molecule has 0 spiro atoms. The summed E-state index contributed by atoms with van der Waals surface area (Å²) in [5.41, 5.74) is 2.02. The van der Waals surface area contributed by atoms with Gasteiger partial charge in [0, 0.05) is 0 Å². The van der Waals surface area contributed by atoms with Crippen LogP contribution in [0.2, 0.25) is 0 Å². The highest BCUT2D eigenvalue weighted by atomic mass is 32.1. The average Bonchev–Trinajstić information content (AvgIpc) is 2.69. The Labute approximate surface area is 86.2 Å². The minimum absolute atomic E-state index is 0.602. The summed E-state index contributed by atoms with van der Waals surface area (Å²) in [6.07, 6.45) is 0.993. The summed E-state index contributed by atoms with van der Waals surface area (Å²) < 4.78 is 3.72. The van der Waals surface area contributed by atoms with Crippen molar-refractivity contribution in [3.8, 4) is 0 Å². The molecule has 3 nitrogen and oxygen atoms in total. The van der Waals surface area contributed by atoms with Crippen LogP contribution in [-0.4, -0.2) is 14.7 Å². The first kappa shape index (κ1) is 9.30. The number of aliphatic hydroxyl groups excluding tert-OH is 1. The van der Waals surface area contributed by atoms with Gasteiger partial charge in [0.25, 0.3) is 0 Å². The van der Waals surface area contributed by atoms with E-state index in [4.69, 9.17) is 0 Å². The number of aliphatic hydroxyl groups is 1. The Morgan fingerprint density at radius 3 is 2.93 bits per heavy atom. The minimum Gasteiger partial charge on any atom is -0.383 e. The first-order chi connectivity index (χ1) is 6.77. The van der Waals surface area contributed by atoms with Crippen LogP contribution in [0.25, 0.3) is 0 Å². The maximum absolute atomic E-state index is 9.94. The van der Waals surface area contributed by atoms with Crippen molar-refractivity contribution in [3.05, 3.63) is 46.5 Å². The van der Waals surface area contributed by atoms with Gasteiger partial charge in [-0.1, -0.05) is 34.3 Å². The highest BCUT2D eigenvalue weighted by molar-refractivity contribution is 7.05. The Balaban J connectivity index is 2.32. The van der Waals surface area contributed by atoms with Crippen LogP contribution in [0.5, 0.6) is 0 Å². The second-order valence-electron chi connectivity index (χ2n) is 3.14. The predicted molar refractivity (Wildman–Crippen MR) is 55.1 cm³/mol. The molecule has 1 N–H and O–H groups in total. The lowest BCUT2D eigenvalue weighted by Crippen LogP contribution is -1.96. The van der Waals surface area contributed by atoms with Crippen LogP contribution in [-0.2, 0) is 0 Å². The molecule has 1 heterocycles. The molecule has 2 rings (SSSR count). The van der Waals surface area contributed by atoms with Gasteiger partial charge in [0.05, 0.1) is 11.1 Å². The summed E-state index contributed by atoms with van der Waals surface area (Å²) in [6.45, 7) is 2.00. The highest BCUT2D eigenvalue weighted by Gasteiger charge is 2.12. The smallest absolute Gasteiger partial charge is 0.116 e. The van der Waals surface area contributed by atoms with Crippen molar-refractivity contribution >= 4 is 11.5 Å². The van der Waals surface area contributed by atoms with Gasteiger partial charge in [-0.05, 0) is 24.0 Å². The van der Waals surface area contributed by atoms with Gasteiger partial charge in [-0.15, -0.1) is 5.10 Å². The standard InChI is InChI=1S/C10H10N2OS/c1-7-3-2-4-8(5-7)10(13)9-6-11-12-14-9/h2-6,10,13H,1H3. The molecular weight excluding hydrogens is 196 g/mol. The fourth-order valence-electron chi connectivity index (χ4n) is 1.30. The lowest BCUT2D eigenvalue weighted by molar-refractivity contribution is 0.224. The van der Waals surface area contributed by atoms with Crippen LogP contribution in [0.1, 0.15) is 22.1 Å². The number of aromatic nitrogens is 2. The molecule has 0 aliphatic carbocycles. The van der Waals surface area contributed by atoms with Gasteiger partial charge < -0.3 is 5.11 Å². The Hall–Kier alpha value is -1.26. The molecule has 0 fully saturated rings. The Morgan fingerprint density at radius 2 is 2.29 bits per heavy atom. The molecule has 1 unspecified atom stereocenters. The fraction of sp³-hybridized carbons (Fsp3) is 0.200. The van der Waals surface area contributed by atoms with E-state index < -0.39 is 6.10 Å². The summed E-state index contributed by atoms with van der Waals surface area (Å²) in [4.78, 5) is 0.774. The van der Waals surface area contributed by atoms with E-state index in [9.17, 15) is 5.11 Å². The number of nitrogens with zero attached hydrogens (tertiary/aromatic N) is 2. The van der Waals surface area contributed by atoms with Crippen molar-refractivity contribution in [3.63, 3.8) is 0 Å². The van der Waals surface area contributed by atoms with Crippen molar-refractivity contribution in [1.82, 2.24) is 9.59 Å². The molecule has 14 heavy (non-hydrogen) atoms. The van der Waals surface area contributed by atoms with Gasteiger partial charge in [-0.25, -0.2) is 0 Å². The van der Waals surface area contributed by atoms with Crippen LogP contribution in [0.3, 0.4) is 0 Å². The molecule has 0 radical (unpaired) electrons. The zero-order valence-electron chi connectivity index (χ0n) is 7.71. The summed E-state index contributed by atoms with van der Waals surface area (Å²) in [7, 11) is 0. The molecule has 72 valence electrons. The van der Waals surface area contributed by atoms with Gasteiger partial charge in [0.1, 0.15) is 6.10 Å². The van der Waals surface area contributed by atoms with E-state index in [1.165, 1.54) is 11.5 Å². The molecule has 1 atom stereocenters. The molecular formula is C10H10N2OS. The van der Waals surface area contributed by atoms with Crippen LogP contribution < -0.4 is 0 Å². The first-order valence-corrected chi connectivity index (χ1v) is 5.06. The maximum Gasteiger partial charge on any atom is 0.116 e. The van der Waals surface area contributed by atoms with E-state index in [0.29, 0.717) is 0 Å². The van der Waals surface area contributed by atoms with Crippen molar-refractivity contribution in [2.75, 3.05) is 0 Å². The van der Waals surface area contributed by atoms with E-state index in [1.807, 2.05) is 31.2 Å². The largest absolute Gasteiger partial charge is 0.383 e. The molecule has 0 bridgehead atoms. The number of hydrogen-bond donors (Lipinski definition) is 1. The summed E-state index contributed by atoms with van der Waals surface area (Å²) in [5.74, 6) is 0. The predicted octanol–water partition coefficient (Wildman–Crippen LogP) is 1.93. The third-order valence-electron chi connectivity index (χ3n) is 2.01. The lowest BCUT2D eigenvalue weighted by Gasteiger charge is -2.07. The minimum atomic E-state index is -0.602. The second-order valence-corrected chi connectivity index (χ2v) is 3.95. The highest BCUT2D eigenvalue weighted by Crippen LogP contribution is 2.23. The average molecular weight is 206 g/mol. The summed E-state index contributed by atoms with van der Waals surface area (Å²) in [6, 6.07) is 7.80. The topological polar surface area (TPSA) is 46.0 Å². The van der Waals surface area contributed by atoms with Crippen molar-refractivity contribution in [1.29, 1.82) is 0 Å². The molecule has 2 aromatic rings. The van der Waals surface area contributed by atoms with Crippen molar-refractivity contribution in [2.45, 2.75) is 13.0 Å². The van der Waals surface area contributed by atoms with E-state index in [-0.39, 0.29) is 0 Å². The van der Waals surface area contributed by atoms with Crippen molar-refractivity contribution < 1.29 is 5.11 Å². The first-order valence-electron chi connectivity index (χ1n) is 4.29. The molecule has 0 aliphatic heterocycles. The Kier molecular flexibility index (Phi) is 2.56. The molecule has 1 aromatic heterocycles. The normalized spacial score (nSPS) is 12.7. The molecule has 1 aromatic carbocycles. The number of benzene rings is 1. The Bertz CT molecular complexity index is 414. The quantitative estimate of drug-likeness (QED) is 0.816. The van der Waals surface area contributed by atoms with Gasteiger partial charge in [0.15, 0.2) is 0 Å². The van der Waals surface area contributed by atoms with E-state index >= 15 is 0 Å². The molecule has 0 saturated heterocycles. The molecule has 0 amide bonds. The number of aryl methyl sites for hydroxylation is 1. The fourth-order valence-corrected chi connectivity index (χ4v) is 1.82. The third kappa shape index (κ3) is 1.81. The Morgan fingerprint density at radius 1 is 1.43 bits per heavy atom. The van der Waals surface area contributed by atoms with E-state index in [2.05, 4.69) is 9.59 Å². The third-order valence-corrected chi connectivity index (χ3v) is 2.72. The number of hydrogen-bond acceptors (Lipinski definition) is 4. The van der Waals surface area contributed by atoms with Crippen LogP contribution in [0.15, 0.2) is 30.5 Å². The SMILES string of the molecule is Cc1cccc(C(O)c2cnns2)c1. The van der Waals surface area contributed by atoms with Gasteiger partial charge in [-0.2, -0.15) is 0 Å². The molecule has 0 saturated carbocycles. The molecule has 4 heteroatoms. The summed E-state index contributed by atoms with van der Waals surface area (Å²) >= 11 is 1.22. The number of rotatable bonds is 2. The zero-order chi connectivity index (χ0) is 9.97. The van der Waals surface area contributed by atoms with Gasteiger partial charge in [0.2, 0.25) is 0 Å². The second kappa shape index (κ2) is 3.86. The van der Waals surface area contributed by atoms with Crippen LogP contribution >= 0.6 is 11.5 Å². The van der Waals surface area contributed by atoms with E-state index in [1.54, 1.807) is 6.20 Å². The lowest BCUT2D eigenvalue weighted by atomic mass is 10.1. The van der Waals surface area contributed by atoms with Crippen molar-refractivity contribution in [2.24, 2.45) is 0 Å². The van der Waals surface area contributed by atoms with Gasteiger partial charge >= 0.3 is 0 Å². The maximum atomic E-state index is 9.94. The monoisotopic (exact) mass is 206 g/mol. The van der Waals surface area contributed by atoms with E-state index in [0.717, 1.165) is 16.0 Å². The molecule has 0 aliphatic rings. The van der Waals surface area contributed by atoms with Gasteiger partial charge in [-0.3, -0.25) is 0 Å². The zero-order valence-corrected chi connectivity index (χ0v) is 8.53. The van der Waals surface area contributed by atoms with Crippen LogP contribution in [0.4, 0.5) is 0 Å². The summed E-state index contributed by atoms with van der Waals surface area (Å²) in [5, 5.41) is 13.6. The van der Waals surface area contributed by atoms with Crippen LogP contribution in [0, 0.1) is 6.92 Å².